The number of halogens is 3. The van der Waals surface area contributed by atoms with Crippen LogP contribution in [-0.2, 0) is 0 Å². The lowest BCUT2D eigenvalue weighted by atomic mass is 10.1. The molecule has 9 heteroatoms. The number of piperidine rings is 1. The van der Waals surface area contributed by atoms with E-state index in [1.807, 2.05) is 0 Å². The summed E-state index contributed by atoms with van der Waals surface area (Å²) in [5.41, 5.74) is 1.21. The van der Waals surface area contributed by atoms with Crippen molar-refractivity contribution < 1.29 is 13.6 Å². The maximum Gasteiger partial charge on any atom is 0.321 e. The van der Waals surface area contributed by atoms with E-state index in [2.05, 4.69) is 9.97 Å². The summed E-state index contributed by atoms with van der Waals surface area (Å²) >= 11 is 7.27. The number of carbonyl (C=O) groups is 1. The lowest BCUT2D eigenvalue weighted by Crippen LogP contribution is -2.35. The molecule has 0 bridgehead atoms. The molecule has 4 rings (SSSR count). The maximum absolute atomic E-state index is 13.6. The number of hydrogen-bond acceptors (Lipinski definition) is 4. The second-order valence-electron chi connectivity index (χ2n) is 6.50. The molecular formula is C19H17ClF2N4OS. The second kappa shape index (κ2) is 8.05. The summed E-state index contributed by atoms with van der Waals surface area (Å²) in [7, 11) is 0. The zero-order valence-electron chi connectivity index (χ0n) is 14.8. The predicted octanol–water partition coefficient (Wildman–Crippen LogP) is 5.26. The van der Waals surface area contributed by atoms with Crippen LogP contribution >= 0.6 is 23.4 Å². The molecule has 3 heterocycles. The smallest absolute Gasteiger partial charge is 0.321 e. The van der Waals surface area contributed by atoms with Crippen LogP contribution in [0.15, 0.2) is 46.7 Å². The molecule has 146 valence electrons. The molecule has 1 aromatic carbocycles. The van der Waals surface area contributed by atoms with Crippen molar-refractivity contribution in [2.75, 3.05) is 13.1 Å². The van der Waals surface area contributed by atoms with E-state index in [0.717, 1.165) is 48.7 Å². The predicted molar refractivity (Wildman–Crippen MR) is 104 cm³/mol. The van der Waals surface area contributed by atoms with Crippen LogP contribution in [0.3, 0.4) is 0 Å². The van der Waals surface area contributed by atoms with E-state index in [1.165, 1.54) is 6.20 Å². The number of imidazole rings is 1. The first-order chi connectivity index (χ1) is 13.5. The minimum Gasteiger partial charge on any atom is -0.339 e. The number of likely N-dealkylation sites (tertiary alicyclic amines) is 1. The van der Waals surface area contributed by atoms with Gasteiger partial charge in [-0.25, -0.2) is 9.97 Å². The van der Waals surface area contributed by atoms with Crippen molar-refractivity contribution in [3.8, 4) is 0 Å². The lowest BCUT2D eigenvalue weighted by Gasteiger charge is -2.26. The number of carbonyl (C=O) groups excluding carboxylic acids is 1. The standard InChI is InChI=1S/C19H17ClF2N4OS/c20-13-10-12(17(27)25-8-4-1-5-9-25)11-23-16(13)28-19-24-14-6-2-3-7-15(14)26(19)18(21)22/h2-3,6-7,10-11,18H,1,4-5,8-9H2. The minimum atomic E-state index is -2.74. The van der Waals surface area contributed by atoms with Crippen molar-refractivity contribution in [1.82, 2.24) is 19.4 Å². The number of nitrogens with zero attached hydrogens (tertiary/aromatic N) is 4. The summed E-state index contributed by atoms with van der Waals surface area (Å²) in [6.45, 7) is -1.29. The fourth-order valence-electron chi connectivity index (χ4n) is 3.27. The molecule has 0 aliphatic carbocycles. The van der Waals surface area contributed by atoms with Crippen molar-refractivity contribution in [2.45, 2.75) is 36.0 Å². The van der Waals surface area contributed by atoms with Gasteiger partial charge in [0.1, 0.15) is 5.03 Å². The van der Waals surface area contributed by atoms with E-state index in [0.29, 0.717) is 21.6 Å². The Morgan fingerprint density at radius 2 is 1.93 bits per heavy atom. The molecule has 2 aromatic heterocycles. The summed E-state index contributed by atoms with van der Waals surface area (Å²) in [6.07, 6.45) is 4.55. The van der Waals surface area contributed by atoms with Gasteiger partial charge in [-0.3, -0.25) is 9.36 Å². The van der Waals surface area contributed by atoms with Crippen LogP contribution in [0.5, 0.6) is 0 Å². The van der Waals surface area contributed by atoms with Crippen molar-refractivity contribution in [3.05, 3.63) is 47.1 Å². The Hall–Kier alpha value is -2.19. The molecule has 1 aliphatic rings. The lowest BCUT2D eigenvalue weighted by molar-refractivity contribution is 0.0656. The first-order valence-corrected chi connectivity index (χ1v) is 10.1. The van der Waals surface area contributed by atoms with Crippen LogP contribution < -0.4 is 0 Å². The van der Waals surface area contributed by atoms with Gasteiger partial charge in [0.2, 0.25) is 0 Å². The molecular weight excluding hydrogens is 406 g/mol. The number of benzene rings is 1. The van der Waals surface area contributed by atoms with Crippen LogP contribution in [0.2, 0.25) is 5.02 Å². The van der Waals surface area contributed by atoms with Crippen molar-refractivity contribution in [1.29, 1.82) is 0 Å². The SMILES string of the molecule is O=C(c1cnc(Sc2nc3ccccc3n2C(F)F)c(Cl)c1)N1CCCCC1. The molecule has 0 N–H and O–H groups in total. The van der Waals surface area contributed by atoms with E-state index >= 15 is 0 Å². The highest BCUT2D eigenvalue weighted by molar-refractivity contribution is 7.99. The molecule has 3 aromatic rings. The number of para-hydroxylation sites is 2. The Morgan fingerprint density at radius 3 is 2.64 bits per heavy atom. The number of amides is 1. The highest BCUT2D eigenvalue weighted by Crippen LogP contribution is 2.36. The van der Waals surface area contributed by atoms with E-state index in [1.54, 1.807) is 35.2 Å². The third-order valence-corrected chi connectivity index (χ3v) is 6.03. The number of alkyl halides is 2. The fourth-order valence-corrected chi connectivity index (χ4v) is 4.40. The van der Waals surface area contributed by atoms with Gasteiger partial charge in [0.15, 0.2) is 5.16 Å². The van der Waals surface area contributed by atoms with Gasteiger partial charge in [-0.05, 0) is 49.2 Å². The topological polar surface area (TPSA) is 51.0 Å². The number of pyridine rings is 1. The zero-order chi connectivity index (χ0) is 19.7. The van der Waals surface area contributed by atoms with Gasteiger partial charge in [0, 0.05) is 19.3 Å². The number of aromatic nitrogens is 3. The van der Waals surface area contributed by atoms with Crippen molar-refractivity contribution >= 4 is 40.3 Å². The van der Waals surface area contributed by atoms with Gasteiger partial charge in [-0.2, -0.15) is 8.78 Å². The summed E-state index contributed by atoms with van der Waals surface area (Å²) in [4.78, 5) is 22.9. The molecule has 5 nitrogen and oxygen atoms in total. The first kappa shape index (κ1) is 19.1. The normalized spacial score (nSPS) is 14.8. The van der Waals surface area contributed by atoms with Crippen LogP contribution in [0, 0.1) is 0 Å². The monoisotopic (exact) mass is 422 g/mol. The molecule has 0 spiro atoms. The van der Waals surface area contributed by atoms with Crippen molar-refractivity contribution in [3.63, 3.8) is 0 Å². The van der Waals surface area contributed by atoms with Gasteiger partial charge >= 0.3 is 6.55 Å². The Morgan fingerprint density at radius 1 is 1.18 bits per heavy atom. The van der Waals surface area contributed by atoms with Crippen LogP contribution in [0.1, 0.15) is 36.2 Å². The highest BCUT2D eigenvalue weighted by Gasteiger charge is 2.22. The highest BCUT2D eigenvalue weighted by atomic mass is 35.5. The number of rotatable bonds is 4. The first-order valence-electron chi connectivity index (χ1n) is 8.92. The fraction of sp³-hybridized carbons (Fsp3) is 0.316. The summed E-state index contributed by atoms with van der Waals surface area (Å²) in [5, 5.41) is 0.663. The van der Waals surface area contributed by atoms with Gasteiger partial charge in [-0.1, -0.05) is 23.7 Å². The van der Waals surface area contributed by atoms with Gasteiger partial charge < -0.3 is 4.90 Å². The van der Waals surface area contributed by atoms with Gasteiger partial charge in [0.25, 0.3) is 5.91 Å². The minimum absolute atomic E-state index is 0.0979. The Balaban J connectivity index is 1.61. The van der Waals surface area contributed by atoms with Crippen molar-refractivity contribution in [2.24, 2.45) is 0 Å². The molecule has 0 saturated carbocycles. The third-order valence-electron chi connectivity index (χ3n) is 4.64. The Labute approximate surface area is 169 Å². The number of fused-ring (bicyclic) bond motifs is 1. The van der Waals surface area contributed by atoms with Gasteiger partial charge in [-0.15, -0.1) is 0 Å². The zero-order valence-corrected chi connectivity index (χ0v) is 16.4. The third kappa shape index (κ3) is 3.71. The second-order valence-corrected chi connectivity index (χ2v) is 7.86. The molecule has 0 radical (unpaired) electrons. The molecule has 1 amide bonds. The average molecular weight is 423 g/mol. The molecule has 0 atom stereocenters. The van der Waals surface area contributed by atoms with Crippen LogP contribution in [-0.4, -0.2) is 38.4 Å². The molecule has 0 unspecified atom stereocenters. The Kier molecular flexibility index (Phi) is 5.50. The maximum atomic E-state index is 13.6. The van der Waals surface area contributed by atoms with E-state index in [-0.39, 0.29) is 16.1 Å². The summed E-state index contributed by atoms with van der Waals surface area (Å²) in [5.74, 6) is -0.106. The molecule has 1 saturated heterocycles. The van der Waals surface area contributed by atoms with Crippen LogP contribution in [0.4, 0.5) is 8.78 Å². The van der Waals surface area contributed by atoms with E-state index < -0.39 is 6.55 Å². The summed E-state index contributed by atoms with van der Waals surface area (Å²) in [6, 6.07) is 8.24. The van der Waals surface area contributed by atoms with E-state index in [9.17, 15) is 13.6 Å². The van der Waals surface area contributed by atoms with Crippen LogP contribution in [0.25, 0.3) is 11.0 Å². The average Bonchev–Trinajstić information content (AvgIpc) is 3.07. The van der Waals surface area contributed by atoms with Gasteiger partial charge in [0.05, 0.1) is 21.6 Å². The Bertz CT molecular complexity index is 1020. The molecule has 28 heavy (non-hydrogen) atoms. The molecule has 1 fully saturated rings. The van der Waals surface area contributed by atoms with E-state index in [4.69, 9.17) is 11.6 Å². The quantitative estimate of drug-likeness (QED) is 0.575. The largest absolute Gasteiger partial charge is 0.339 e. The molecule has 1 aliphatic heterocycles. The summed E-state index contributed by atoms with van der Waals surface area (Å²) < 4.78 is 28.0. The number of hydrogen-bond donors (Lipinski definition) is 0.